The summed E-state index contributed by atoms with van der Waals surface area (Å²) in [5, 5.41) is 17.0. The number of rotatable bonds is 4. The summed E-state index contributed by atoms with van der Waals surface area (Å²) in [4.78, 5) is 20.7. The van der Waals surface area contributed by atoms with Crippen LogP contribution < -0.4 is 0 Å². The third-order valence-corrected chi connectivity index (χ3v) is 2.03. The van der Waals surface area contributed by atoms with Gasteiger partial charge in [-0.2, -0.15) is 0 Å². The number of carbonyl (C=O) groups is 2. The molecule has 0 aliphatic rings. The Balaban J connectivity index is 2.67. The van der Waals surface area contributed by atoms with E-state index in [1.165, 1.54) is 0 Å². The fourth-order valence-electron chi connectivity index (χ4n) is 1.28. The van der Waals surface area contributed by atoms with Crippen LogP contribution in [0.1, 0.15) is 24.0 Å². The van der Waals surface area contributed by atoms with Crippen molar-refractivity contribution in [2.24, 2.45) is 0 Å². The Morgan fingerprint density at radius 3 is 2.59 bits per heavy atom. The second-order valence-electron chi connectivity index (χ2n) is 3.47. The number of benzene rings is 1. The largest absolute Gasteiger partial charge is 0.481 e. The molecule has 0 aliphatic carbocycles. The second-order valence-corrected chi connectivity index (χ2v) is 3.47. The van der Waals surface area contributed by atoms with E-state index in [1.54, 1.807) is 18.2 Å². The summed E-state index contributed by atoms with van der Waals surface area (Å²) >= 11 is 0. The molecule has 4 nitrogen and oxygen atoms in total. The maximum Gasteiger partial charge on any atom is 0.315 e. The lowest BCUT2D eigenvalue weighted by atomic mass is 10.1. The van der Waals surface area contributed by atoms with Crippen LogP contribution in [0.3, 0.4) is 0 Å². The van der Waals surface area contributed by atoms with E-state index in [1.807, 2.05) is 6.07 Å². The molecule has 0 spiro atoms. The van der Waals surface area contributed by atoms with E-state index in [-0.39, 0.29) is 12.8 Å². The Hall–Kier alpha value is -2.28. The molecule has 0 aliphatic heterocycles. The van der Waals surface area contributed by atoms with Crippen LogP contribution in [-0.2, 0) is 16.0 Å². The Labute approximate surface area is 98.9 Å². The van der Waals surface area contributed by atoms with Crippen LogP contribution in [0.4, 0.5) is 0 Å². The predicted molar refractivity (Wildman–Crippen MR) is 61.5 cm³/mol. The van der Waals surface area contributed by atoms with Crippen LogP contribution in [-0.4, -0.2) is 22.2 Å². The van der Waals surface area contributed by atoms with Gasteiger partial charge in [-0.1, -0.05) is 24.0 Å². The molecule has 1 aromatic carbocycles. The summed E-state index contributed by atoms with van der Waals surface area (Å²) < 4.78 is 0. The highest BCUT2D eigenvalue weighted by Gasteiger charge is 1.99. The third-order valence-electron chi connectivity index (χ3n) is 2.03. The van der Waals surface area contributed by atoms with Gasteiger partial charge in [0, 0.05) is 12.0 Å². The first-order valence-electron chi connectivity index (χ1n) is 5.09. The predicted octanol–water partition coefficient (Wildman–Crippen LogP) is 1.53. The lowest BCUT2D eigenvalue weighted by molar-refractivity contribution is -0.137. The molecule has 0 bridgehead atoms. The van der Waals surface area contributed by atoms with Gasteiger partial charge in [-0.05, 0) is 24.1 Å². The quantitative estimate of drug-likeness (QED) is 0.772. The van der Waals surface area contributed by atoms with Gasteiger partial charge in [0.15, 0.2) is 0 Å². The van der Waals surface area contributed by atoms with Crippen LogP contribution in [0.2, 0.25) is 0 Å². The molecule has 17 heavy (non-hydrogen) atoms. The minimum absolute atomic E-state index is 0.0754. The molecule has 1 aromatic rings. The standard InChI is InChI=1S/C13H12O4/c14-12(15)6-2-5-10-3-1-4-11(9-10)7-8-13(16)17/h1,3-4,9H,6-8H2,(H,14,15)(H,16,17). The minimum Gasteiger partial charge on any atom is -0.481 e. The van der Waals surface area contributed by atoms with Crippen LogP contribution in [0.25, 0.3) is 0 Å². The van der Waals surface area contributed by atoms with Crippen LogP contribution in [0, 0.1) is 11.8 Å². The average molecular weight is 232 g/mol. The fraction of sp³-hybridized carbons (Fsp3) is 0.231. The maximum atomic E-state index is 10.4. The molecule has 0 aromatic heterocycles. The van der Waals surface area contributed by atoms with Crippen molar-refractivity contribution in [3.05, 3.63) is 35.4 Å². The molecule has 0 heterocycles. The van der Waals surface area contributed by atoms with Crippen LogP contribution in [0.15, 0.2) is 24.3 Å². The molecule has 0 amide bonds. The number of carboxylic acid groups (broad SMARTS) is 2. The SMILES string of the molecule is O=C(O)CC#Cc1cccc(CCC(=O)O)c1. The number of aryl methyl sites for hydroxylation is 1. The van der Waals surface area contributed by atoms with Gasteiger partial charge in [-0.3, -0.25) is 9.59 Å². The number of hydrogen-bond donors (Lipinski definition) is 2. The number of carboxylic acids is 2. The molecule has 4 heteroatoms. The monoisotopic (exact) mass is 232 g/mol. The van der Waals surface area contributed by atoms with Crippen molar-refractivity contribution in [2.75, 3.05) is 0 Å². The van der Waals surface area contributed by atoms with E-state index in [0.717, 1.165) is 5.56 Å². The molecular weight excluding hydrogens is 220 g/mol. The van der Waals surface area contributed by atoms with E-state index in [9.17, 15) is 9.59 Å². The summed E-state index contributed by atoms with van der Waals surface area (Å²) in [5.41, 5.74) is 1.59. The zero-order valence-electron chi connectivity index (χ0n) is 9.14. The fourth-order valence-corrected chi connectivity index (χ4v) is 1.28. The van der Waals surface area contributed by atoms with E-state index in [0.29, 0.717) is 12.0 Å². The summed E-state index contributed by atoms with van der Waals surface area (Å²) in [5.74, 6) is 3.45. The zero-order chi connectivity index (χ0) is 12.7. The molecule has 0 unspecified atom stereocenters. The first kappa shape index (κ1) is 12.8. The maximum absolute atomic E-state index is 10.4. The van der Waals surface area contributed by atoms with E-state index in [4.69, 9.17) is 10.2 Å². The smallest absolute Gasteiger partial charge is 0.315 e. The Morgan fingerprint density at radius 1 is 1.18 bits per heavy atom. The lowest BCUT2D eigenvalue weighted by Gasteiger charge is -1.98. The van der Waals surface area contributed by atoms with Gasteiger partial charge in [0.1, 0.15) is 6.42 Å². The number of hydrogen-bond acceptors (Lipinski definition) is 2. The van der Waals surface area contributed by atoms with Gasteiger partial charge in [0.2, 0.25) is 0 Å². The summed E-state index contributed by atoms with van der Waals surface area (Å²) in [7, 11) is 0. The normalized spacial score (nSPS) is 9.18. The van der Waals surface area contributed by atoms with Crippen LogP contribution >= 0.6 is 0 Å². The van der Waals surface area contributed by atoms with Crippen molar-refractivity contribution in [2.45, 2.75) is 19.3 Å². The Kier molecular flexibility index (Phi) is 4.77. The molecule has 1 rings (SSSR count). The average Bonchev–Trinajstić information content (AvgIpc) is 2.26. The van der Waals surface area contributed by atoms with E-state index < -0.39 is 11.9 Å². The van der Waals surface area contributed by atoms with Gasteiger partial charge < -0.3 is 10.2 Å². The molecule has 0 radical (unpaired) electrons. The lowest BCUT2D eigenvalue weighted by Crippen LogP contribution is -1.97. The molecule has 0 saturated carbocycles. The van der Waals surface area contributed by atoms with Gasteiger partial charge in [0.05, 0.1) is 0 Å². The van der Waals surface area contributed by atoms with Gasteiger partial charge in [-0.25, -0.2) is 0 Å². The molecule has 88 valence electrons. The van der Waals surface area contributed by atoms with E-state index in [2.05, 4.69) is 11.8 Å². The van der Waals surface area contributed by atoms with Gasteiger partial charge in [0.25, 0.3) is 0 Å². The molecular formula is C13H12O4. The third kappa shape index (κ3) is 5.38. The summed E-state index contributed by atoms with van der Waals surface area (Å²) in [6.07, 6.45) is 0.329. The first-order chi connectivity index (χ1) is 8.08. The number of aliphatic carboxylic acids is 2. The highest BCUT2D eigenvalue weighted by molar-refractivity contribution is 5.70. The topological polar surface area (TPSA) is 74.6 Å². The zero-order valence-corrected chi connectivity index (χ0v) is 9.14. The molecule has 0 saturated heterocycles. The molecule has 0 atom stereocenters. The second kappa shape index (κ2) is 6.33. The van der Waals surface area contributed by atoms with Gasteiger partial charge >= 0.3 is 11.9 Å². The molecule has 0 fully saturated rings. The summed E-state index contributed by atoms with van der Waals surface area (Å²) in [6.45, 7) is 0. The van der Waals surface area contributed by atoms with Gasteiger partial charge in [-0.15, -0.1) is 0 Å². The van der Waals surface area contributed by atoms with Crippen molar-refractivity contribution < 1.29 is 19.8 Å². The highest BCUT2D eigenvalue weighted by atomic mass is 16.4. The summed E-state index contributed by atoms with van der Waals surface area (Å²) in [6, 6.07) is 7.14. The van der Waals surface area contributed by atoms with Crippen molar-refractivity contribution in [3.8, 4) is 11.8 Å². The molecule has 2 N–H and O–H groups in total. The van der Waals surface area contributed by atoms with Crippen LogP contribution in [0.5, 0.6) is 0 Å². The van der Waals surface area contributed by atoms with Crippen molar-refractivity contribution in [1.29, 1.82) is 0 Å². The van der Waals surface area contributed by atoms with Crippen molar-refractivity contribution >= 4 is 11.9 Å². The Morgan fingerprint density at radius 2 is 1.94 bits per heavy atom. The van der Waals surface area contributed by atoms with Crippen molar-refractivity contribution in [1.82, 2.24) is 0 Å². The van der Waals surface area contributed by atoms with E-state index >= 15 is 0 Å². The first-order valence-corrected chi connectivity index (χ1v) is 5.09. The minimum atomic E-state index is -0.959. The highest BCUT2D eigenvalue weighted by Crippen LogP contribution is 2.06. The Bertz CT molecular complexity index is 480. The van der Waals surface area contributed by atoms with Crippen molar-refractivity contribution in [3.63, 3.8) is 0 Å².